The summed E-state index contributed by atoms with van der Waals surface area (Å²) in [5.41, 5.74) is 2.26. The lowest BCUT2D eigenvalue weighted by atomic mass is 10.0. The van der Waals surface area contributed by atoms with Crippen molar-refractivity contribution in [2.75, 3.05) is 33.4 Å². The van der Waals surface area contributed by atoms with Gasteiger partial charge in [0.05, 0.1) is 20.0 Å². The maximum absolute atomic E-state index is 12.2. The highest BCUT2D eigenvalue weighted by atomic mass is 16.6. The summed E-state index contributed by atoms with van der Waals surface area (Å²) in [6.07, 6.45) is 3.10. The quantitative estimate of drug-likeness (QED) is 0.461. The summed E-state index contributed by atoms with van der Waals surface area (Å²) in [5, 5.41) is 8.82. The first-order chi connectivity index (χ1) is 16.0. The molecule has 1 N–H and O–H groups in total. The van der Waals surface area contributed by atoms with Gasteiger partial charge in [-0.3, -0.25) is 14.5 Å². The number of ether oxygens (including phenoxy) is 3. The van der Waals surface area contributed by atoms with E-state index in [1.807, 2.05) is 42.5 Å². The third-order valence-electron chi connectivity index (χ3n) is 5.72. The van der Waals surface area contributed by atoms with Crippen LogP contribution in [0.25, 0.3) is 0 Å². The molecule has 7 heteroatoms. The Labute approximate surface area is 195 Å². The van der Waals surface area contributed by atoms with E-state index < -0.39 is 18.0 Å². The van der Waals surface area contributed by atoms with Crippen LogP contribution in [0.3, 0.4) is 0 Å². The zero-order valence-electron chi connectivity index (χ0n) is 19.2. The van der Waals surface area contributed by atoms with E-state index in [4.69, 9.17) is 19.3 Å². The fourth-order valence-electron chi connectivity index (χ4n) is 3.97. The fraction of sp³-hybridized carbons (Fsp3) is 0.462. The molecule has 0 aliphatic carbocycles. The number of hydrogen-bond donors (Lipinski definition) is 1. The summed E-state index contributed by atoms with van der Waals surface area (Å²) in [4.78, 5) is 25.2. The molecule has 0 spiro atoms. The maximum atomic E-state index is 12.2. The molecule has 0 bridgehead atoms. The molecule has 178 valence electrons. The Morgan fingerprint density at radius 2 is 1.82 bits per heavy atom. The van der Waals surface area contributed by atoms with Crippen LogP contribution in [-0.2, 0) is 27.2 Å². The minimum absolute atomic E-state index is 0.136. The number of carbonyl (C=O) groups excluding carboxylic acids is 1. The van der Waals surface area contributed by atoms with Crippen molar-refractivity contribution < 1.29 is 28.9 Å². The predicted molar refractivity (Wildman–Crippen MR) is 125 cm³/mol. The standard InChI is InChI=1S/C26H33NO6/c1-31-22-9-6-7-20(17-22)11-12-21-8-2-3-10-24(21)32-19-23(18-27-15-4-5-16-27)33-26(30)14-13-25(28)29/h2-3,6-10,17,23H,4-5,11-16,18-19H2,1H3,(H,28,29). The first kappa shape index (κ1) is 24.6. The molecule has 1 heterocycles. The zero-order chi connectivity index (χ0) is 23.5. The van der Waals surface area contributed by atoms with E-state index in [1.54, 1.807) is 7.11 Å². The molecule has 2 aromatic rings. The smallest absolute Gasteiger partial charge is 0.306 e. The number of nitrogens with zero attached hydrogens (tertiary/aromatic N) is 1. The number of benzene rings is 2. The molecule has 0 saturated carbocycles. The first-order valence-corrected chi connectivity index (χ1v) is 11.5. The van der Waals surface area contributed by atoms with Crippen molar-refractivity contribution in [3.05, 3.63) is 59.7 Å². The maximum Gasteiger partial charge on any atom is 0.306 e. The number of aliphatic carboxylic acids is 1. The summed E-state index contributed by atoms with van der Waals surface area (Å²) >= 11 is 0. The molecule has 0 radical (unpaired) electrons. The Balaban J connectivity index is 1.60. The molecule has 1 saturated heterocycles. The highest BCUT2D eigenvalue weighted by Crippen LogP contribution is 2.22. The average Bonchev–Trinajstić information content (AvgIpc) is 3.33. The van der Waals surface area contributed by atoms with Gasteiger partial charge in [0.25, 0.3) is 0 Å². The lowest BCUT2D eigenvalue weighted by Crippen LogP contribution is -2.37. The third kappa shape index (κ3) is 8.42. The average molecular weight is 456 g/mol. The van der Waals surface area contributed by atoms with Gasteiger partial charge in [0, 0.05) is 6.54 Å². The molecule has 33 heavy (non-hydrogen) atoms. The van der Waals surface area contributed by atoms with Crippen LogP contribution in [0.4, 0.5) is 0 Å². The van der Waals surface area contributed by atoms with Crippen LogP contribution in [0.1, 0.15) is 36.8 Å². The summed E-state index contributed by atoms with van der Waals surface area (Å²) in [6, 6.07) is 15.9. The van der Waals surface area contributed by atoms with Crippen LogP contribution in [0.5, 0.6) is 11.5 Å². The van der Waals surface area contributed by atoms with Crippen molar-refractivity contribution >= 4 is 11.9 Å². The molecular weight excluding hydrogens is 422 g/mol. The van der Waals surface area contributed by atoms with Gasteiger partial charge < -0.3 is 19.3 Å². The molecule has 0 amide bonds. The topological polar surface area (TPSA) is 85.3 Å². The number of aryl methyl sites for hydroxylation is 2. The van der Waals surface area contributed by atoms with Crippen molar-refractivity contribution in [2.24, 2.45) is 0 Å². The molecule has 1 atom stereocenters. The molecule has 1 aliphatic heterocycles. The minimum Gasteiger partial charge on any atom is -0.497 e. The van der Waals surface area contributed by atoms with E-state index in [2.05, 4.69) is 11.0 Å². The number of carbonyl (C=O) groups is 2. The molecule has 1 unspecified atom stereocenters. The van der Waals surface area contributed by atoms with Crippen molar-refractivity contribution in [1.82, 2.24) is 4.90 Å². The van der Waals surface area contributed by atoms with E-state index >= 15 is 0 Å². The summed E-state index contributed by atoms with van der Waals surface area (Å²) in [6.45, 7) is 2.76. The lowest BCUT2D eigenvalue weighted by molar-refractivity contribution is -0.154. The van der Waals surface area contributed by atoms with Crippen LogP contribution in [0.2, 0.25) is 0 Å². The second-order valence-corrected chi connectivity index (χ2v) is 8.28. The zero-order valence-corrected chi connectivity index (χ0v) is 19.2. The van der Waals surface area contributed by atoms with Gasteiger partial charge in [0.15, 0.2) is 0 Å². The van der Waals surface area contributed by atoms with Crippen molar-refractivity contribution in [3.8, 4) is 11.5 Å². The molecule has 3 rings (SSSR count). The molecule has 1 fully saturated rings. The van der Waals surface area contributed by atoms with E-state index in [0.29, 0.717) is 6.54 Å². The van der Waals surface area contributed by atoms with Gasteiger partial charge in [-0.05, 0) is 68.1 Å². The van der Waals surface area contributed by atoms with Crippen LogP contribution in [0.15, 0.2) is 48.5 Å². The Bertz CT molecular complexity index is 909. The van der Waals surface area contributed by atoms with E-state index in [0.717, 1.165) is 55.8 Å². The number of para-hydroxylation sites is 1. The normalized spacial score (nSPS) is 14.6. The number of carboxylic acid groups (broad SMARTS) is 1. The van der Waals surface area contributed by atoms with Gasteiger partial charge in [-0.2, -0.15) is 0 Å². The molecular formula is C26H33NO6. The number of carboxylic acids is 1. The van der Waals surface area contributed by atoms with Crippen molar-refractivity contribution in [1.29, 1.82) is 0 Å². The highest BCUT2D eigenvalue weighted by Gasteiger charge is 2.22. The van der Waals surface area contributed by atoms with E-state index in [9.17, 15) is 9.59 Å². The van der Waals surface area contributed by atoms with Crippen molar-refractivity contribution in [2.45, 2.75) is 44.6 Å². The Hall–Kier alpha value is -3.06. The number of methoxy groups -OCH3 is 1. The van der Waals surface area contributed by atoms with E-state index in [1.165, 1.54) is 5.56 Å². The number of likely N-dealkylation sites (tertiary alicyclic amines) is 1. The summed E-state index contributed by atoms with van der Waals surface area (Å²) in [7, 11) is 1.66. The minimum atomic E-state index is -1.01. The monoisotopic (exact) mass is 455 g/mol. The summed E-state index contributed by atoms with van der Waals surface area (Å²) in [5.74, 6) is 0.0978. The van der Waals surface area contributed by atoms with Crippen LogP contribution < -0.4 is 9.47 Å². The SMILES string of the molecule is COc1cccc(CCc2ccccc2OCC(CN2CCCC2)OC(=O)CCC(=O)O)c1. The molecule has 1 aliphatic rings. The number of rotatable bonds is 13. The lowest BCUT2D eigenvalue weighted by Gasteiger charge is -2.24. The van der Waals surface area contributed by atoms with Crippen molar-refractivity contribution in [3.63, 3.8) is 0 Å². The summed E-state index contributed by atoms with van der Waals surface area (Å²) < 4.78 is 17.0. The van der Waals surface area contributed by atoms with Gasteiger partial charge in [0.1, 0.15) is 24.2 Å². The van der Waals surface area contributed by atoms with Crippen LogP contribution >= 0.6 is 0 Å². The van der Waals surface area contributed by atoms with Gasteiger partial charge in [-0.15, -0.1) is 0 Å². The Kier molecular flexibility index (Phi) is 9.57. The fourth-order valence-corrected chi connectivity index (χ4v) is 3.97. The van der Waals surface area contributed by atoms with Gasteiger partial charge >= 0.3 is 11.9 Å². The number of hydrogen-bond acceptors (Lipinski definition) is 6. The Morgan fingerprint density at radius 3 is 2.58 bits per heavy atom. The largest absolute Gasteiger partial charge is 0.497 e. The van der Waals surface area contributed by atoms with Crippen LogP contribution in [0, 0.1) is 0 Å². The Morgan fingerprint density at radius 1 is 1.03 bits per heavy atom. The molecule has 0 aromatic heterocycles. The third-order valence-corrected chi connectivity index (χ3v) is 5.72. The predicted octanol–water partition coefficient (Wildman–Crippen LogP) is 3.73. The van der Waals surface area contributed by atoms with Gasteiger partial charge in [0.2, 0.25) is 0 Å². The van der Waals surface area contributed by atoms with E-state index in [-0.39, 0.29) is 19.4 Å². The van der Waals surface area contributed by atoms with Gasteiger partial charge in [-0.1, -0.05) is 30.3 Å². The highest BCUT2D eigenvalue weighted by molar-refractivity contribution is 5.76. The molecule has 2 aromatic carbocycles. The second-order valence-electron chi connectivity index (χ2n) is 8.28. The van der Waals surface area contributed by atoms with Gasteiger partial charge in [-0.25, -0.2) is 0 Å². The molecule has 7 nitrogen and oxygen atoms in total. The first-order valence-electron chi connectivity index (χ1n) is 11.5. The number of esters is 1. The van der Waals surface area contributed by atoms with Crippen LogP contribution in [-0.4, -0.2) is 61.4 Å². The second kappa shape index (κ2) is 12.8.